The molecule has 2 aromatic carbocycles. The number of Topliss-reactive ketones (excluding diaryl/α,β-unsaturated/α-hetero) is 1. The lowest BCUT2D eigenvalue weighted by molar-refractivity contribution is -0.181. The van der Waals surface area contributed by atoms with E-state index in [1.165, 1.54) is 5.06 Å². The Balaban J connectivity index is 1.49. The second-order valence-electron chi connectivity index (χ2n) is 9.64. The van der Waals surface area contributed by atoms with Crippen LogP contribution in [-0.4, -0.2) is 52.3 Å². The normalized spacial score (nSPS) is 21.8. The molecule has 5 rings (SSSR count). The molecule has 1 aromatic heterocycles. The van der Waals surface area contributed by atoms with Gasteiger partial charge < -0.3 is 9.84 Å². The first-order valence-corrected chi connectivity index (χ1v) is 13.4. The van der Waals surface area contributed by atoms with E-state index in [2.05, 4.69) is 4.98 Å². The number of aromatic nitrogens is 1. The molecule has 0 radical (unpaired) electrons. The van der Waals surface area contributed by atoms with E-state index in [0.717, 1.165) is 24.8 Å². The zero-order valence-electron chi connectivity index (χ0n) is 20.7. The minimum absolute atomic E-state index is 0.162. The number of hydrogen-bond acceptors (Lipinski definition) is 6. The van der Waals surface area contributed by atoms with Crippen molar-refractivity contribution in [2.75, 3.05) is 13.2 Å². The molecular weight excluding hydrogens is 527 g/mol. The number of fused-ring (bicyclic) bond motifs is 1. The van der Waals surface area contributed by atoms with Crippen molar-refractivity contribution in [1.82, 2.24) is 10.0 Å². The molecule has 38 heavy (non-hydrogen) atoms. The van der Waals surface area contributed by atoms with E-state index < -0.39 is 24.0 Å². The van der Waals surface area contributed by atoms with E-state index in [1.807, 2.05) is 24.3 Å². The summed E-state index contributed by atoms with van der Waals surface area (Å²) < 4.78 is 5.67. The van der Waals surface area contributed by atoms with E-state index >= 15 is 0 Å². The molecule has 0 spiro atoms. The molecule has 198 valence electrons. The van der Waals surface area contributed by atoms with Crippen LogP contribution >= 0.6 is 23.2 Å². The van der Waals surface area contributed by atoms with Crippen molar-refractivity contribution in [3.63, 3.8) is 0 Å². The predicted molar refractivity (Wildman–Crippen MR) is 143 cm³/mol. The Morgan fingerprint density at radius 1 is 1.11 bits per heavy atom. The van der Waals surface area contributed by atoms with Gasteiger partial charge in [-0.25, -0.2) is 5.06 Å². The predicted octanol–water partition coefficient (Wildman–Crippen LogP) is 5.15. The monoisotopic (exact) mass is 554 g/mol. The maximum absolute atomic E-state index is 13.7. The average Bonchev–Trinajstić information content (AvgIpc) is 3.17. The second kappa shape index (κ2) is 11.5. The first-order chi connectivity index (χ1) is 18.4. The fourth-order valence-electron chi connectivity index (χ4n) is 5.23. The van der Waals surface area contributed by atoms with Gasteiger partial charge in [0.05, 0.1) is 11.1 Å². The van der Waals surface area contributed by atoms with Crippen molar-refractivity contribution in [1.29, 1.82) is 0 Å². The molecule has 3 atom stereocenters. The lowest BCUT2D eigenvalue weighted by Gasteiger charge is -2.38. The number of aliphatic hydroxyl groups excluding tert-OH is 1. The Morgan fingerprint density at radius 3 is 2.58 bits per heavy atom. The minimum atomic E-state index is -1.25. The summed E-state index contributed by atoms with van der Waals surface area (Å²) in [6.45, 7) is 0.155. The first-order valence-electron chi connectivity index (χ1n) is 12.6. The molecular formula is C29H28Cl2N2O5. The van der Waals surface area contributed by atoms with Crippen LogP contribution in [0.3, 0.4) is 0 Å². The molecule has 1 N–H and O–H groups in total. The molecule has 9 heteroatoms. The first kappa shape index (κ1) is 26.8. The van der Waals surface area contributed by atoms with Gasteiger partial charge in [-0.15, -0.1) is 0 Å². The maximum atomic E-state index is 13.7. The van der Waals surface area contributed by atoms with Crippen LogP contribution in [0.2, 0.25) is 10.0 Å². The number of carbonyl (C=O) groups is 2. The fraction of sp³-hybridized carbons (Fsp3) is 0.345. The Bertz CT molecular complexity index is 1300. The van der Waals surface area contributed by atoms with Gasteiger partial charge in [0.2, 0.25) is 0 Å². The van der Waals surface area contributed by atoms with Crippen molar-refractivity contribution in [3.8, 4) is 0 Å². The average molecular weight is 555 g/mol. The van der Waals surface area contributed by atoms with Crippen LogP contribution in [0.15, 0.2) is 66.9 Å². The van der Waals surface area contributed by atoms with E-state index in [1.54, 1.807) is 42.6 Å². The molecule has 0 bridgehead atoms. The highest BCUT2D eigenvalue weighted by Gasteiger charge is 2.52. The van der Waals surface area contributed by atoms with Gasteiger partial charge in [0.1, 0.15) is 18.2 Å². The summed E-state index contributed by atoms with van der Waals surface area (Å²) in [5.74, 6) is -0.903. The molecule has 2 aliphatic heterocycles. The molecule has 0 saturated carbocycles. The zero-order chi connectivity index (χ0) is 26.7. The van der Waals surface area contributed by atoms with Crippen molar-refractivity contribution in [2.45, 2.75) is 49.9 Å². The number of carbonyl (C=O) groups excluding carboxylic acids is 2. The minimum Gasteiger partial charge on any atom is -0.385 e. The summed E-state index contributed by atoms with van der Waals surface area (Å²) >= 11 is 12.3. The topological polar surface area (TPSA) is 89.0 Å². The molecule has 1 fully saturated rings. The van der Waals surface area contributed by atoms with Crippen LogP contribution in [0.4, 0.5) is 0 Å². The Morgan fingerprint density at radius 2 is 1.87 bits per heavy atom. The molecule has 3 aromatic rings. The van der Waals surface area contributed by atoms with Gasteiger partial charge in [-0.3, -0.25) is 19.4 Å². The van der Waals surface area contributed by atoms with Crippen LogP contribution in [0.5, 0.6) is 0 Å². The molecule has 0 aliphatic carbocycles. The maximum Gasteiger partial charge on any atom is 0.279 e. The van der Waals surface area contributed by atoms with E-state index in [4.69, 9.17) is 32.8 Å². The lowest BCUT2D eigenvalue weighted by Crippen LogP contribution is -2.48. The van der Waals surface area contributed by atoms with Gasteiger partial charge in [-0.2, -0.15) is 0 Å². The third-order valence-electron chi connectivity index (χ3n) is 7.15. The number of pyridine rings is 1. The van der Waals surface area contributed by atoms with Crippen molar-refractivity contribution < 1.29 is 24.3 Å². The molecule has 1 amide bonds. The Hall–Kier alpha value is -2.81. The number of rotatable bonds is 9. The quantitative estimate of drug-likeness (QED) is 0.393. The van der Waals surface area contributed by atoms with Gasteiger partial charge in [-0.05, 0) is 60.7 Å². The van der Waals surface area contributed by atoms with Crippen LogP contribution in [0, 0.1) is 0 Å². The summed E-state index contributed by atoms with van der Waals surface area (Å²) in [5.41, 5.74) is 1.44. The molecule has 2 aliphatic rings. The summed E-state index contributed by atoms with van der Waals surface area (Å²) in [5, 5.41) is 12.9. The third-order valence-corrected chi connectivity index (χ3v) is 7.62. The molecule has 7 nitrogen and oxygen atoms in total. The molecule has 1 saturated heterocycles. The van der Waals surface area contributed by atoms with Crippen molar-refractivity contribution >= 4 is 34.9 Å². The van der Waals surface area contributed by atoms with Crippen LogP contribution in [0.1, 0.15) is 52.9 Å². The van der Waals surface area contributed by atoms with Crippen LogP contribution < -0.4 is 0 Å². The number of benzene rings is 2. The number of amides is 1. The van der Waals surface area contributed by atoms with Gasteiger partial charge in [-0.1, -0.05) is 53.5 Å². The highest BCUT2D eigenvalue weighted by molar-refractivity contribution is 6.30. The van der Waals surface area contributed by atoms with Crippen LogP contribution in [0.25, 0.3) is 0 Å². The fourth-order valence-corrected chi connectivity index (χ4v) is 5.47. The SMILES string of the molecule is O=C(CON1C(=O)c2ccccc2[C@@]1(Cc1ccc(Cl)cn1)c1ccc(Cl)cc1)C(O)CC1CCCCO1. The largest absolute Gasteiger partial charge is 0.385 e. The Labute approximate surface area is 231 Å². The third kappa shape index (κ3) is 5.35. The standard InChI is InChI=1S/C29H28Cl2N2O5/c30-20-10-8-19(9-11-20)29(16-22-13-12-21(31)17-32-22)25-7-2-1-6-24(25)28(36)33(29)38-18-27(35)26(34)15-23-5-3-4-14-37-23/h1-2,6-13,17,23,26,34H,3-5,14-16,18H2/t23?,26?,29-/m1/s1. The highest BCUT2D eigenvalue weighted by atomic mass is 35.5. The number of aliphatic hydroxyl groups is 1. The number of nitrogens with zero attached hydrogens (tertiary/aromatic N) is 2. The van der Waals surface area contributed by atoms with E-state index in [0.29, 0.717) is 33.5 Å². The summed E-state index contributed by atoms with van der Waals surface area (Å²) in [7, 11) is 0. The van der Waals surface area contributed by atoms with Crippen molar-refractivity contribution in [3.05, 3.63) is 99.3 Å². The van der Waals surface area contributed by atoms with Gasteiger partial charge >= 0.3 is 0 Å². The smallest absolute Gasteiger partial charge is 0.279 e. The van der Waals surface area contributed by atoms with E-state index in [9.17, 15) is 14.7 Å². The lowest BCUT2D eigenvalue weighted by atomic mass is 9.79. The number of hydroxylamine groups is 2. The van der Waals surface area contributed by atoms with E-state index in [-0.39, 0.29) is 24.9 Å². The van der Waals surface area contributed by atoms with Gasteiger partial charge in [0, 0.05) is 41.9 Å². The molecule has 2 unspecified atom stereocenters. The number of ketones is 1. The Kier molecular flexibility index (Phi) is 8.12. The van der Waals surface area contributed by atoms with Gasteiger partial charge in [0.25, 0.3) is 5.91 Å². The molecule has 3 heterocycles. The number of halogens is 2. The number of ether oxygens (including phenoxy) is 1. The van der Waals surface area contributed by atoms with Crippen molar-refractivity contribution in [2.24, 2.45) is 0 Å². The zero-order valence-corrected chi connectivity index (χ0v) is 22.2. The number of hydrogen-bond donors (Lipinski definition) is 1. The summed E-state index contributed by atoms with van der Waals surface area (Å²) in [6.07, 6.45) is 3.38. The second-order valence-corrected chi connectivity index (χ2v) is 10.5. The highest BCUT2D eigenvalue weighted by Crippen LogP contribution is 2.47. The summed E-state index contributed by atoms with van der Waals surface area (Å²) in [4.78, 5) is 37.2. The van der Waals surface area contributed by atoms with Gasteiger partial charge in [0.15, 0.2) is 5.78 Å². The summed E-state index contributed by atoms with van der Waals surface area (Å²) in [6, 6.07) is 17.9. The van der Waals surface area contributed by atoms with Crippen LogP contribution in [-0.2, 0) is 26.3 Å².